The Balaban J connectivity index is 1.76. The van der Waals surface area contributed by atoms with Gasteiger partial charge in [-0.15, -0.1) is 0 Å². The highest BCUT2D eigenvalue weighted by Gasteiger charge is 2.05. The van der Waals surface area contributed by atoms with Crippen LogP contribution in [0.15, 0.2) is 30.3 Å². The highest BCUT2D eigenvalue weighted by molar-refractivity contribution is 6.30. The van der Waals surface area contributed by atoms with Gasteiger partial charge in [0.2, 0.25) is 0 Å². The lowest BCUT2D eigenvalue weighted by atomic mass is 10.3. The lowest BCUT2D eigenvalue weighted by molar-refractivity contribution is -0.123. The Kier molecular flexibility index (Phi) is 4.63. The van der Waals surface area contributed by atoms with Crippen LogP contribution in [-0.4, -0.2) is 22.3 Å². The molecule has 0 spiro atoms. The maximum absolute atomic E-state index is 11.7. The summed E-state index contributed by atoms with van der Waals surface area (Å²) >= 11 is 5.76. The molecule has 0 saturated heterocycles. The van der Waals surface area contributed by atoms with Gasteiger partial charge in [0.05, 0.1) is 12.2 Å². The van der Waals surface area contributed by atoms with Crippen molar-refractivity contribution < 1.29 is 9.53 Å². The smallest absolute Gasteiger partial charge is 0.258 e. The summed E-state index contributed by atoms with van der Waals surface area (Å²) in [4.78, 5) is 11.7. The summed E-state index contributed by atoms with van der Waals surface area (Å²) in [5.41, 5.74) is 1.87. The van der Waals surface area contributed by atoms with Gasteiger partial charge in [-0.2, -0.15) is 5.10 Å². The Morgan fingerprint density at radius 1 is 1.40 bits per heavy atom. The lowest BCUT2D eigenvalue weighted by Gasteiger charge is -2.06. The molecule has 0 aliphatic carbocycles. The molecule has 0 bridgehead atoms. The van der Waals surface area contributed by atoms with Crippen molar-refractivity contribution in [3.8, 4) is 5.75 Å². The van der Waals surface area contributed by atoms with Crippen molar-refractivity contribution in [2.75, 3.05) is 6.61 Å². The third kappa shape index (κ3) is 3.99. The van der Waals surface area contributed by atoms with Crippen LogP contribution in [0.2, 0.25) is 5.02 Å². The third-order valence-electron chi connectivity index (χ3n) is 2.81. The van der Waals surface area contributed by atoms with E-state index >= 15 is 0 Å². The predicted octanol–water partition coefficient (Wildman–Crippen LogP) is 2.08. The monoisotopic (exact) mass is 293 g/mol. The van der Waals surface area contributed by atoms with Crippen LogP contribution in [0.25, 0.3) is 0 Å². The Morgan fingerprint density at radius 2 is 2.10 bits per heavy atom. The van der Waals surface area contributed by atoms with Crippen LogP contribution >= 0.6 is 11.6 Å². The largest absolute Gasteiger partial charge is 0.484 e. The van der Waals surface area contributed by atoms with E-state index in [1.54, 1.807) is 28.9 Å². The molecule has 0 aliphatic rings. The van der Waals surface area contributed by atoms with Crippen molar-refractivity contribution in [3.05, 3.63) is 46.7 Å². The first kappa shape index (κ1) is 14.4. The number of ether oxygens (including phenoxy) is 1. The second-order valence-electron chi connectivity index (χ2n) is 4.42. The molecule has 1 N–H and O–H groups in total. The zero-order chi connectivity index (χ0) is 14.5. The van der Waals surface area contributed by atoms with Gasteiger partial charge in [-0.3, -0.25) is 9.48 Å². The Labute approximate surface area is 122 Å². The molecule has 106 valence electrons. The van der Waals surface area contributed by atoms with E-state index in [0.717, 1.165) is 11.4 Å². The van der Waals surface area contributed by atoms with Gasteiger partial charge in [-0.05, 0) is 37.3 Å². The number of hydrogen-bond donors (Lipinski definition) is 1. The summed E-state index contributed by atoms with van der Waals surface area (Å²) in [7, 11) is 1.87. The Bertz CT molecular complexity index is 573. The molecule has 2 aromatic rings. The van der Waals surface area contributed by atoms with Gasteiger partial charge in [-0.25, -0.2) is 0 Å². The molecule has 1 amide bonds. The lowest BCUT2D eigenvalue weighted by Crippen LogP contribution is -2.28. The normalized spacial score (nSPS) is 10.3. The fourth-order valence-electron chi connectivity index (χ4n) is 1.64. The second kappa shape index (κ2) is 6.43. The number of carbonyl (C=O) groups excluding carboxylic acids is 1. The van der Waals surface area contributed by atoms with Crippen LogP contribution in [0.5, 0.6) is 5.75 Å². The van der Waals surface area contributed by atoms with Gasteiger partial charge >= 0.3 is 0 Å². The number of hydrogen-bond acceptors (Lipinski definition) is 3. The van der Waals surface area contributed by atoms with Crippen LogP contribution in [0, 0.1) is 6.92 Å². The summed E-state index contributed by atoms with van der Waals surface area (Å²) in [6.07, 6.45) is 0. The second-order valence-corrected chi connectivity index (χ2v) is 4.86. The molecular weight excluding hydrogens is 278 g/mol. The van der Waals surface area contributed by atoms with Crippen LogP contribution < -0.4 is 10.1 Å². The minimum absolute atomic E-state index is 0.0343. The molecule has 5 nitrogen and oxygen atoms in total. The number of halogens is 1. The maximum Gasteiger partial charge on any atom is 0.258 e. The number of benzene rings is 1. The van der Waals surface area contributed by atoms with E-state index in [0.29, 0.717) is 17.3 Å². The van der Waals surface area contributed by atoms with E-state index < -0.39 is 0 Å². The van der Waals surface area contributed by atoms with Gasteiger partial charge < -0.3 is 10.1 Å². The summed E-state index contributed by atoms with van der Waals surface area (Å²) in [6, 6.07) is 8.80. The first-order chi connectivity index (χ1) is 9.54. The molecule has 20 heavy (non-hydrogen) atoms. The molecule has 2 rings (SSSR count). The highest BCUT2D eigenvalue weighted by atomic mass is 35.5. The van der Waals surface area contributed by atoms with Crippen molar-refractivity contribution >= 4 is 17.5 Å². The molecule has 0 atom stereocenters. The Hall–Kier alpha value is -2.01. The van der Waals surface area contributed by atoms with Crippen molar-refractivity contribution in [2.45, 2.75) is 13.5 Å². The van der Waals surface area contributed by atoms with E-state index in [1.807, 2.05) is 20.0 Å². The topological polar surface area (TPSA) is 56.1 Å². The quantitative estimate of drug-likeness (QED) is 0.918. The number of amides is 1. The van der Waals surface area contributed by atoms with Crippen LogP contribution in [0.3, 0.4) is 0 Å². The molecule has 0 fully saturated rings. The van der Waals surface area contributed by atoms with Crippen LogP contribution in [-0.2, 0) is 18.4 Å². The van der Waals surface area contributed by atoms with E-state index in [1.165, 1.54) is 0 Å². The number of nitrogens with one attached hydrogen (secondary N) is 1. The number of aryl methyl sites for hydroxylation is 2. The average molecular weight is 294 g/mol. The third-order valence-corrected chi connectivity index (χ3v) is 3.07. The number of rotatable bonds is 5. The van der Waals surface area contributed by atoms with Gasteiger partial charge in [-0.1, -0.05) is 11.6 Å². The molecule has 0 radical (unpaired) electrons. The van der Waals surface area contributed by atoms with Crippen LogP contribution in [0.1, 0.15) is 11.4 Å². The van der Waals surface area contributed by atoms with Gasteiger partial charge in [0.15, 0.2) is 6.61 Å². The predicted molar refractivity (Wildman–Crippen MR) is 76.7 cm³/mol. The minimum Gasteiger partial charge on any atom is -0.484 e. The average Bonchev–Trinajstić information content (AvgIpc) is 2.75. The maximum atomic E-state index is 11.7. The van der Waals surface area contributed by atoms with E-state index in [9.17, 15) is 4.79 Å². The van der Waals surface area contributed by atoms with Gasteiger partial charge in [0.1, 0.15) is 5.75 Å². The first-order valence-electron chi connectivity index (χ1n) is 6.19. The molecule has 6 heteroatoms. The molecule has 0 saturated carbocycles. The molecule has 1 aromatic heterocycles. The fraction of sp³-hybridized carbons (Fsp3) is 0.286. The summed E-state index contributed by atoms with van der Waals surface area (Å²) in [5.74, 6) is 0.418. The first-order valence-corrected chi connectivity index (χ1v) is 6.57. The number of carbonyl (C=O) groups is 1. The molecule has 0 aliphatic heterocycles. The Morgan fingerprint density at radius 3 is 2.70 bits per heavy atom. The van der Waals surface area contributed by atoms with Crippen molar-refractivity contribution in [2.24, 2.45) is 7.05 Å². The standard InChI is InChI=1S/C14H16ClN3O2/c1-10-7-12(17-18(10)2)8-16-14(19)9-20-13-5-3-11(15)4-6-13/h3-7H,8-9H2,1-2H3,(H,16,19). The number of nitrogens with zero attached hydrogens (tertiary/aromatic N) is 2. The summed E-state index contributed by atoms with van der Waals surface area (Å²) in [5, 5.41) is 7.64. The minimum atomic E-state index is -0.191. The molecule has 1 heterocycles. The zero-order valence-electron chi connectivity index (χ0n) is 11.4. The fourth-order valence-corrected chi connectivity index (χ4v) is 1.77. The molecule has 1 aromatic carbocycles. The van der Waals surface area contributed by atoms with Gasteiger partial charge in [0.25, 0.3) is 5.91 Å². The van der Waals surface area contributed by atoms with Crippen molar-refractivity contribution in [3.63, 3.8) is 0 Å². The highest BCUT2D eigenvalue weighted by Crippen LogP contribution is 2.15. The van der Waals surface area contributed by atoms with Crippen molar-refractivity contribution in [1.29, 1.82) is 0 Å². The SMILES string of the molecule is Cc1cc(CNC(=O)COc2ccc(Cl)cc2)nn1C. The summed E-state index contributed by atoms with van der Waals surface area (Å²) < 4.78 is 7.11. The summed E-state index contributed by atoms with van der Waals surface area (Å²) in [6.45, 7) is 2.32. The van der Waals surface area contributed by atoms with E-state index in [4.69, 9.17) is 16.3 Å². The van der Waals surface area contributed by atoms with Gasteiger partial charge in [0, 0.05) is 17.8 Å². The zero-order valence-corrected chi connectivity index (χ0v) is 12.1. The van der Waals surface area contributed by atoms with E-state index in [-0.39, 0.29) is 12.5 Å². The van der Waals surface area contributed by atoms with Crippen molar-refractivity contribution in [1.82, 2.24) is 15.1 Å². The molecule has 0 unspecified atom stereocenters. The van der Waals surface area contributed by atoms with Crippen LogP contribution in [0.4, 0.5) is 0 Å². The number of aromatic nitrogens is 2. The molecular formula is C14H16ClN3O2. The van der Waals surface area contributed by atoms with E-state index in [2.05, 4.69) is 10.4 Å².